The van der Waals surface area contributed by atoms with E-state index in [2.05, 4.69) is 43.4 Å². The molecule has 1 atom stereocenters. The zero-order valence-electron chi connectivity index (χ0n) is 13.7. The first-order valence-corrected chi connectivity index (χ1v) is 7.78. The van der Waals surface area contributed by atoms with E-state index < -0.39 is 0 Å². The largest absolute Gasteiger partial charge is 0.466 e. The van der Waals surface area contributed by atoms with Crippen LogP contribution in [-0.4, -0.2) is 13.1 Å². The van der Waals surface area contributed by atoms with Gasteiger partial charge in [0.2, 0.25) is 0 Å². The van der Waals surface area contributed by atoms with Crippen LogP contribution >= 0.6 is 0 Å². The van der Waals surface area contributed by atoms with E-state index >= 15 is 0 Å². The number of ether oxygens (including phenoxy) is 1. The molecule has 0 spiro atoms. The van der Waals surface area contributed by atoms with E-state index in [0.29, 0.717) is 12.1 Å². The van der Waals surface area contributed by atoms with E-state index in [9.17, 15) is 4.79 Å². The van der Waals surface area contributed by atoms with Gasteiger partial charge in [0.1, 0.15) is 0 Å². The van der Waals surface area contributed by atoms with Crippen molar-refractivity contribution >= 4 is 12.0 Å². The molecule has 0 radical (unpaired) electrons. The second-order valence-electron chi connectivity index (χ2n) is 6.03. The summed E-state index contributed by atoms with van der Waals surface area (Å²) in [4.78, 5) is 12.4. The standard InChI is InChI=1S/C20H21NO2/c1-13-8-14(2)10-17(9-13)19-18(20(22)23-3)11-15-6-4-5-7-16(15)12-21-19/h4-11,19,21H,12H2,1-3H3. The molecule has 3 rings (SSSR count). The Kier molecular flexibility index (Phi) is 4.30. The summed E-state index contributed by atoms with van der Waals surface area (Å²) in [6.45, 7) is 4.86. The zero-order chi connectivity index (χ0) is 16.4. The number of carbonyl (C=O) groups excluding carboxylic acids is 1. The lowest BCUT2D eigenvalue weighted by atomic mass is 9.95. The van der Waals surface area contributed by atoms with Crippen LogP contribution in [0.5, 0.6) is 0 Å². The lowest BCUT2D eigenvalue weighted by molar-refractivity contribution is -0.136. The van der Waals surface area contributed by atoms with E-state index in [0.717, 1.165) is 11.1 Å². The maximum atomic E-state index is 12.4. The first-order chi connectivity index (χ1) is 11.1. The lowest BCUT2D eigenvalue weighted by Gasteiger charge is -2.20. The van der Waals surface area contributed by atoms with Gasteiger partial charge in [-0.1, -0.05) is 53.6 Å². The quantitative estimate of drug-likeness (QED) is 0.860. The third kappa shape index (κ3) is 3.20. The van der Waals surface area contributed by atoms with Crippen molar-refractivity contribution in [3.8, 4) is 0 Å². The second kappa shape index (κ2) is 6.39. The topological polar surface area (TPSA) is 38.3 Å². The highest BCUT2D eigenvalue weighted by atomic mass is 16.5. The molecule has 2 aromatic carbocycles. The third-order valence-corrected chi connectivity index (χ3v) is 4.17. The van der Waals surface area contributed by atoms with Crippen LogP contribution < -0.4 is 5.32 Å². The normalized spacial score (nSPS) is 17.0. The molecule has 0 aliphatic carbocycles. The molecule has 3 heteroatoms. The third-order valence-electron chi connectivity index (χ3n) is 4.17. The lowest BCUT2D eigenvalue weighted by Crippen LogP contribution is -2.25. The maximum absolute atomic E-state index is 12.4. The smallest absolute Gasteiger partial charge is 0.335 e. The fraction of sp³-hybridized carbons (Fsp3) is 0.250. The number of rotatable bonds is 2. The Bertz CT molecular complexity index is 757. The van der Waals surface area contributed by atoms with E-state index in [4.69, 9.17) is 4.74 Å². The van der Waals surface area contributed by atoms with Gasteiger partial charge in [-0.15, -0.1) is 0 Å². The number of hydrogen-bond acceptors (Lipinski definition) is 3. The monoisotopic (exact) mass is 307 g/mol. The molecule has 0 amide bonds. The van der Waals surface area contributed by atoms with Crippen molar-refractivity contribution < 1.29 is 9.53 Å². The SMILES string of the molecule is COC(=O)C1=Cc2ccccc2CNC1c1cc(C)cc(C)c1. The van der Waals surface area contributed by atoms with Crippen LogP contribution in [0.4, 0.5) is 0 Å². The predicted molar refractivity (Wildman–Crippen MR) is 91.9 cm³/mol. The molecule has 0 fully saturated rings. The summed E-state index contributed by atoms with van der Waals surface area (Å²) in [6.07, 6.45) is 1.95. The Labute approximate surface area is 137 Å². The Morgan fingerprint density at radius 3 is 2.52 bits per heavy atom. The minimum absolute atomic E-state index is 0.173. The minimum atomic E-state index is -0.293. The van der Waals surface area contributed by atoms with Crippen LogP contribution in [0.1, 0.15) is 33.9 Å². The van der Waals surface area contributed by atoms with E-state index in [1.54, 1.807) is 0 Å². The highest BCUT2D eigenvalue weighted by Crippen LogP contribution is 2.30. The van der Waals surface area contributed by atoms with Crippen molar-refractivity contribution in [1.29, 1.82) is 0 Å². The first kappa shape index (κ1) is 15.5. The van der Waals surface area contributed by atoms with Crippen LogP contribution in [0.15, 0.2) is 48.0 Å². The van der Waals surface area contributed by atoms with Crippen LogP contribution in [0, 0.1) is 13.8 Å². The summed E-state index contributed by atoms with van der Waals surface area (Å²) in [7, 11) is 1.43. The predicted octanol–water partition coefficient (Wildman–Crippen LogP) is 3.70. The number of benzene rings is 2. The van der Waals surface area contributed by atoms with Crippen LogP contribution in [-0.2, 0) is 16.1 Å². The van der Waals surface area contributed by atoms with E-state index in [1.807, 2.05) is 24.3 Å². The van der Waals surface area contributed by atoms with Gasteiger partial charge in [-0.2, -0.15) is 0 Å². The molecule has 1 aliphatic heterocycles. The molecular weight excluding hydrogens is 286 g/mol. The highest BCUT2D eigenvalue weighted by Gasteiger charge is 2.26. The molecular formula is C20H21NO2. The summed E-state index contributed by atoms with van der Waals surface area (Å²) >= 11 is 0. The summed E-state index contributed by atoms with van der Waals surface area (Å²) in [5.74, 6) is -0.293. The van der Waals surface area contributed by atoms with Crippen molar-refractivity contribution in [3.63, 3.8) is 0 Å². The Balaban J connectivity index is 2.11. The molecule has 1 N–H and O–H groups in total. The molecule has 1 heterocycles. The molecule has 1 aliphatic rings. The van der Waals surface area contributed by atoms with Crippen molar-refractivity contribution in [2.75, 3.05) is 7.11 Å². The molecule has 23 heavy (non-hydrogen) atoms. The van der Waals surface area contributed by atoms with E-state index in [-0.39, 0.29) is 12.0 Å². The van der Waals surface area contributed by atoms with Gasteiger partial charge < -0.3 is 10.1 Å². The number of methoxy groups -OCH3 is 1. The Morgan fingerprint density at radius 2 is 1.83 bits per heavy atom. The van der Waals surface area contributed by atoms with Gasteiger partial charge in [0.25, 0.3) is 0 Å². The summed E-state index contributed by atoms with van der Waals surface area (Å²) in [5, 5.41) is 3.50. The van der Waals surface area contributed by atoms with Gasteiger partial charge in [-0.05, 0) is 36.6 Å². The zero-order valence-corrected chi connectivity index (χ0v) is 13.7. The summed E-state index contributed by atoms with van der Waals surface area (Å²) in [6, 6.07) is 14.3. The van der Waals surface area contributed by atoms with Gasteiger partial charge in [0.15, 0.2) is 0 Å². The number of hydrogen-bond donors (Lipinski definition) is 1. The van der Waals surface area contributed by atoms with Gasteiger partial charge in [0.05, 0.1) is 18.7 Å². The Morgan fingerprint density at radius 1 is 1.13 bits per heavy atom. The molecule has 118 valence electrons. The van der Waals surface area contributed by atoms with Crippen molar-refractivity contribution in [2.45, 2.75) is 26.4 Å². The second-order valence-corrected chi connectivity index (χ2v) is 6.03. The van der Waals surface area contributed by atoms with Crippen molar-refractivity contribution in [3.05, 3.63) is 75.9 Å². The summed E-state index contributed by atoms with van der Waals surface area (Å²) in [5.41, 5.74) is 6.35. The number of aryl methyl sites for hydroxylation is 2. The Hall–Kier alpha value is -2.39. The molecule has 0 aromatic heterocycles. The minimum Gasteiger partial charge on any atom is -0.466 e. The van der Waals surface area contributed by atoms with E-state index in [1.165, 1.54) is 23.8 Å². The van der Waals surface area contributed by atoms with Gasteiger partial charge in [0, 0.05) is 6.54 Å². The molecule has 0 bridgehead atoms. The van der Waals surface area contributed by atoms with Crippen molar-refractivity contribution in [1.82, 2.24) is 5.32 Å². The number of fused-ring (bicyclic) bond motifs is 1. The maximum Gasteiger partial charge on any atom is 0.335 e. The first-order valence-electron chi connectivity index (χ1n) is 7.78. The average Bonchev–Trinajstić information content (AvgIpc) is 2.72. The summed E-state index contributed by atoms with van der Waals surface area (Å²) < 4.78 is 5.03. The van der Waals surface area contributed by atoms with Gasteiger partial charge in [-0.3, -0.25) is 0 Å². The molecule has 2 aromatic rings. The average molecular weight is 307 g/mol. The number of carbonyl (C=O) groups is 1. The fourth-order valence-corrected chi connectivity index (χ4v) is 3.18. The molecule has 0 saturated heterocycles. The number of nitrogens with one attached hydrogen (secondary N) is 1. The van der Waals surface area contributed by atoms with Crippen molar-refractivity contribution in [2.24, 2.45) is 0 Å². The molecule has 3 nitrogen and oxygen atoms in total. The molecule has 0 saturated carbocycles. The van der Waals surface area contributed by atoms with Crippen LogP contribution in [0.25, 0.3) is 6.08 Å². The fourth-order valence-electron chi connectivity index (χ4n) is 3.18. The molecule has 1 unspecified atom stereocenters. The van der Waals surface area contributed by atoms with Crippen LogP contribution in [0.3, 0.4) is 0 Å². The van der Waals surface area contributed by atoms with Crippen LogP contribution in [0.2, 0.25) is 0 Å². The van der Waals surface area contributed by atoms with Gasteiger partial charge >= 0.3 is 5.97 Å². The van der Waals surface area contributed by atoms with Gasteiger partial charge in [-0.25, -0.2) is 4.79 Å². The highest BCUT2D eigenvalue weighted by molar-refractivity contribution is 5.95. The number of esters is 1.